The lowest BCUT2D eigenvalue weighted by atomic mass is 10.0. The fraction of sp³-hybridized carbons (Fsp3) is 0.400. The zero-order chi connectivity index (χ0) is 15.4. The molecule has 2 aromatic rings. The average molecular weight is 327 g/mol. The topological polar surface area (TPSA) is 55.9 Å². The van der Waals surface area contributed by atoms with Crippen LogP contribution in [-0.4, -0.2) is 15.8 Å². The molecule has 1 atom stereocenters. The van der Waals surface area contributed by atoms with Gasteiger partial charge in [-0.3, -0.25) is 16.0 Å². The van der Waals surface area contributed by atoms with Crippen LogP contribution in [0, 0.1) is 0 Å². The first kappa shape index (κ1) is 16.3. The second-order valence-corrected chi connectivity index (χ2v) is 6.23. The first-order valence-corrected chi connectivity index (χ1v) is 7.69. The molecular weight excluding hydrogens is 307 g/mol. The van der Waals surface area contributed by atoms with Crippen LogP contribution in [0.2, 0.25) is 10.0 Å². The zero-order valence-corrected chi connectivity index (χ0v) is 13.7. The lowest BCUT2D eigenvalue weighted by Gasteiger charge is -2.16. The summed E-state index contributed by atoms with van der Waals surface area (Å²) in [6.07, 6.45) is 3.46. The molecule has 0 saturated carbocycles. The lowest BCUT2D eigenvalue weighted by molar-refractivity contribution is 0.495. The quantitative estimate of drug-likeness (QED) is 0.632. The maximum absolute atomic E-state index is 6.21. The van der Waals surface area contributed by atoms with Gasteiger partial charge in [-0.1, -0.05) is 29.3 Å². The number of benzene rings is 1. The summed E-state index contributed by atoms with van der Waals surface area (Å²) < 4.78 is 1.94. The second-order valence-electron chi connectivity index (χ2n) is 5.39. The Morgan fingerprint density at radius 3 is 2.57 bits per heavy atom. The molecule has 0 aliphatic carbocycles. The van der Waals surface area contributed by atoms with E-state index in [9.17, 15) is 0 Å². The average Bonchev–Trinajstić information content (AvgIpc) is 2.89. The summed E-state index contributed by atoms with van der Waals surface area (Å²) in [6, 6.07) is 7.96. The number of aromatic nitrogens is 2. The van der Waals surface area contributed by atoms with Crippen LogP contribution in [-0.2, 0) is 12.8 Å². The molecule has 4 nitrogen and oxygen atoms in total. The van der Waals surface area contributed by atoms with E-state index in [1.807, 2.05) is 29.1 Å². The highest BCUT2D eigenvalue weighted by molar-refractivity contribution is 6.35. The molecule has 0 amide bonds. The van der Waals surface area contributed by atoms with Crippen molar-refractivity contribution in [2.45, 2.75) is 38.8 Å². The van der Waals surface area contributed by atoms with Crippen LogP contribution >= 0.6 is 23.2 Å². The Kier molecular flexibility index (Phi) is 5.65. The van der Waals surface area contributed by atoms with Gasteiger partial charge in [-0.15, -0.1) is 0 Å². The van der Waals surface area contributed by atoms with Crippen LogP contribution in [0.1, 0.15) is 31.1 Å². The highest BCUT2D eigenvalue weighted by atomic mass is 35.5. The third kappa shape index (κ3) is 4.45. The largest absolute Gasteiger partial charge is 0.271 e. The molecule has 114 valence electrons. The Morgan fingerprint density at radius 2 is 2.00 bits per heavy atom. The van der Waals surface area contributed by atoms with Crippen molar-refractivity contribution in [1.82, 2.24) is 15.2 Å². The molecular formula is C15H20Cl2N4. The van der Waals surface area contributed by atoms with E-state index in [0.29, 0.717) is 16.1 Å². The van der Waals surface area contributed by atoms with E-state index in [2.05, 4.69) is 24.4 Å². The number of rotatable bonds is 6. The summed E-state index contributed by atoms with van der Waals surface area (Å²) in [5, 5.41) is 5.84. The Balaban J connectivity index is 2.05. The molecule has 0 spiro atoms. The molecule has 1 aromatic heterocycles. The molecule has 21 heavy (non-hydrogen) atoms. The molecule has 0 fully saturated rings. The van der Waals surface area contributed by atoms with Crippen LogP contribution in [0.4, 0.5) is 0 Å². The van der Waals surface area contributed by atoms with Crippen molar-refractivity contribution in [2.24, 2.45) is 5.84 Å². The van der Waals surface area contributed by atoms with Crippen molar-refractivity contribution in [2.75, 3.05) is 0 Å². The predicted octanol–water partition coefficient (Wildman–Crippen LogP) is 3.39. The molecule has 0 aliphatic heterocycles. The maximum Gasteiger partial charge on any atom is 0.0640 e. The highest BCUT2D eigenvalue weighted by Gasteiger charge is 2.13. The van der Waals surface area contributed by atoms with Gasteiger partial charge in [0, 0.05) is 34.7 Å². The minimum atomic E-state index is 0.0687. The van der Waals surface area contributed by atoms with E-state index in [4.69, 9.17) is 29.0 Å². The molecule has 0 bridgehead atoms. The van der Waals surface area contributed by atoms with Gasteiger partial charge in [-0.2, -0.15) is 5.10 Å². The van der Waals surface area contributed by atoms with Crippen LogP contribution in [0.3, 0.4) is 0 Å². The van der Waals surface area contributed by atoms with E-state index in [1.54, 1.807) is 6.07 Å². The van der Waals surface area contributed by atoms with Gasteiger partial charge in [0.15, 0.2) is 0 Å². The van der Waals surface area contributed by atoms with Crippen molar-refractivity contribution < 1.29 is 0 Å². The third-order valence-electron chi connectivity index (χ3n) is 3.37. The van der Waals surface area contributed by atoms with Gasteiger partial charge >= 0.3 is 0 Å². The second kappa shape index (κ2) is 7.27. The van der Waals surface area contributed by atoms with Crippen molar-refractivity contribution in [3.63, 3.8) is 0 Å². The number of hydrogen-bond donors (Lipinski definition) is 2. The number of hydrogen-bond acceptors (Lipinski definition) is 3. The van der Waals surface area contributed by atoms with Crippen molar-refractivity contribution >= 4 is 23.2 Å². The standard InChI is InChI=1S/C15H20Cl2N4/c1-10(2)21-6-5-13(20-21)9-14(19-18)7-11-3-4-12(16)8-15(11)17/h3-6,8,10,14,19H,7,9,18H2,1-2H3. The molecule has 6 heteroatoms. The van der Waals surface area contributed by atoms with E-state index < -0.39 is 0 Å². The maximum atomic E-state index is 6.21. The summed E-state index contributed by atoms with van der Waals surface area (Å²) in [6.45, 7) is 4.20. The normalized spacial score (nSPS) is 12.9. The Labute approximate surface area is 135 Å². The number of hydrazine groups is 1. The highest BCUT2D eigenvalue weighted by Crippen LogP contribution is 2.22. The van der Waals surface area contributed by atoms with Gasteiger partial charge in [0.05, 0.1) is 5.69 Å². The van der Waals surface area contributed by atoms with Crippen LogP contribution in [0.25, 0.3) is 0 Å². The zero-order valence-electron chi connectivity index (χ0n) is 12.2. The first-order valence-electron chi connectivity index (χ1n) is 6.93. The number of nitrogens with one attached hydrogen (secondary N) is 1. The summed E-state index contributed by atoms with van der Waals surface area (Å²) in [7, 11) is 0. The fourth-order valence-corrected chi connectivity index (χ4v) is 2.65. The van der Waals surface area contributed by atoms with Gasteiger partial charge in [-0.25, -0.2) is 0 Å². The van der Waals surface area contributed by atoms with E-state index in [1.165, 1.54) is 0 Å². The van der Waals surface area contributed by atoms with Gasteiger partial charge in [-0.05, 0) is 44.0 Å². The van der Waals surface area contributed by atoms with Crippen molar-refractivity contribution in [3.8, 4) is 0 Å². The number of halogens is 2. The summed E-state index contributed by atoms with van der Waals surface area (Å²) in [4.78, 5) is 0. The Morgan fingerprint density at radius 1 is 1.24 bits per heavy atom. The summed E-state index contributed by atoms with van der Waals surface area (Å²) in [5.41, 5.74) is 4.87. The molecule has 2 rings (SSSR count). The minimum Gasteiger partial charge on any atom is -0.271 e. The van der Waals surface area contributed by atoms with Gasteiger partial charge in [0.25, 0.3) is 0 Å². The fourth-order valence-electron chi connectivity index (χ4n) is 2.17. The monoisotopic (exact) mass is 326 g/mol. The number of nitrogens with two attached hydrogens (primary N) is 1. The molecule has 1 heterocycles. The molecule has 0 radical (unpaired) electrons. The van der Waals surface area contributed by atoms with Gasteiger partial charge in [0.1, 0.15) is 0 Å². The summed E-state index contributed by atoms with van der Waals surface area (Å²) in [5.74, 6) is 5.66. The van der Waals surface area contributed by atoms with E-state index >= 15 is 0 Å². The van der Waals surface area contributed by atoms with Gasteiger partial charge < -0.3 is 0 Å². The van der Waals surface area contributed by atoms with Gasteiger partial charge in [0.2, 0.25) is 0 Å². The Bertz CT molecular complexity index is 595. The van der Waals surface area contributed by atoms with Crippen LogP contribution < -0.4 is 11.3 Å². The van der Waals surface area contributed by atoms with E-state index in [-0.39, 0.29) is 6.04 Å². The SMILES string of the molecule is CC(C)n1ccc(CC(Cc2ccc(Cl)cc2Cl)NN)n1. The van der Waals surface area contributed by atoms with Crippen LogP contribution in [0.15, 0.2) is 30.5 Å². The third-order valence-corrected chi connectivity index (χ3v) is 3.95. The lowest BCUT2D eigenvalue weighted by Crippen LogP contribution is -2.38. The number of nitrogens with zero attached hydrogens (tertiary/aromatic N) is 2. The molecule has 0 aliphatic rings. The van der Waals surface area contributed by atoms with E-state index in [0.717, 1.165) is 24.1 Å². The molecule has 1 unspecified atom stereocenters. The first-order chi connectivity index (χ1) is 9.99. The molecule has 1 aromatic carbocycles. The molecule has 0 saturated heterocycles. The predicted molar refractivity (Wildman–Crippen MR) is 87.6 cm³/mol. The van der Waals surface area contributed by atoms with Crippen molar-refractivity contribution in [3.05, 3.63) is 51.8 Å². The molecule has 3 N–H and O–H groups in total. The minimum absolute atomic E-state index is 0.0687. The Hall–Kier alpha value is -1.07. The van der Waals surface area contributed by atoms with Crippen LogP contribution in [0.5, 0.6) is 0 Å². The summed E-state index contributed by atoms with van der Waals surface area (Å²) >= 11 is 12.1. The smallest absolute Gasteiger partial charge is 0.0640 e. The van der Waals surface area contributed by atoms with Crippen molar-refractivity contribution in [1.29, 1.82) is 0 Å².